The van der Waals surface area contributed by atoms with E-state index >= 15 is 0 Å². The van der Waals surface area contributed by atoms with Crippen LogP contribution in [0.15, 0.2) is 48.6 Å². The van der Waals surface area contributed by atoms with Crippen LogP contribution in [-0.4, -0.2) is 66.5 Å². The number of rotatable bonds is 55. The minimum absolute atomic E-state index is 0.155. The number of phosphoric acid groups is 1. The zero-order valence-corrected chi connectivity index (χ0v) is 47.3. The summed E-state index contributed by atoms with van der Waals surface area (Å²) >= 11 is 0. The normalized spacial score (nSPS) is 13.7. The van der Waals surface area contributed by atoms with E-state index in [2.05, 4.69) is 69.4 Å². The number of hydrogen-bond acceptors (Lipinski definition) is 10. The van der Waals surface area contributed by atoms with Gasteiger partial charge in [0.1, 0.15) is 12.7 Å². The third-order valence-electron chi connectivity index (χ3n) is 12.7. The molecule has 0 amide bonds. The molecule has 12 heteroatoms. The van der Waals surface area contributed by atoms with Gasteiger partial charge in [0.15, 0.2) is 6.10 Å². The lowest BCUT2D eigenvalue weighted by Gasteiger charge is -2.21. The summed E-state index contributed by atoms with van der Waals surface area (Å²) in [6, 6.07) is 0. The van der Waals surface area contributed by atoms with E-state index in [1.54, 1.807) is 0 Å². The quantitative estimate of drug-likeness (QED) is 0.0197. The Labute approximate surface area is 441 Å². The first-order valence-corrected chi connectivity index (χ1v) is 31.0. The number of phosphoric ester groups is 1. The summed E-state index contributed by atoms with van der Waals surface area (Å²) in [4.78, 5) is 48.5. The molecule has 0 rings (SSSR count). The first-order chi connectivity index (χ1) is 35.2. The van der Waals surface area contributed by atoms with Crippen LogP contribution in [0.3, 0.4) is 0 Å². The van der Waals surface area contributed by atoms with Gasteiger partial charge in [0.05, 0.1) is 19.8 Å². The average Bonchev–Trinajstić information content (AvgIpc) is 3.37. The second-order valence-electron chi connectivity index (χ2n) is 19.8. The van der Waals surface area contributed by atoms with Gasteiger partial charge in [-0.3, -0.25) is 23.4 Å². The van der Waals surface area contributed by atoms with E-state index in [4.69, 9.17) is 23.3 Å². The van der Waals surface area contributed by atoms with Crippen molar-refractivity contribution in [2.75, 3.05) is 26.4 Å². The molecule has 0 aromatic heterocycles. The molecule has 0 saturated heterocycles. The highest BCUT2D eigenvalue weighted by Crippen LogP contribution is 2.43. The summed E-state index contributed by atoms with van der Waals surface area (Å²) in [5.41, 5.74) is 0. The molecular weight excluding hydrogens is 928 g/mol. The van der Waals surface area contributed by atoms with Gasteiger partial charge >= 0.3 is 25.7 Å². The molecule has 0 aliphatic carbocycles. The fraction of sp³-hybridized carbons (Fsp3) is 0.817. The highest BCUT2D eigenvalue weighted by atomic mass is 31.2. The topological polar surface area (TPSA) is 155 Å². The molecule has 11 nitrogen and oxygen atoms in total. The van der Waals surface area contributed by atoms with Crippen LogP contribution < -0.4 is 0 Å². The van der Waals surface area contributed by atoms with Crippen molar-refractivity contribution in [3.63, 3.8) is 0 Å². The van der Waals surface area contributed by atoms with Crippen LogP contribution in [-0.2, 0) is 42.2 Å². The number of ether oxygens (including phenoxy) is 3. The third-order valence-corrected chi connectivity index (χ3v) is 13.7. The first kappa shape index (κ1) is 69.4. The molecule has 0 aliphatic rings. The largest absolute Gasteiger partial charge is 0.472 e. The summed E-state index contributed by atoms with van der Waals surface area (Å²) in [6.45, 7) is 4.54. The summed E-state index contributed by atoms with van der Waals surface area (Å²) in [7, 11) is -4.75. The van der Waals surface area contributed by atoms with Crippen LogP contribution in [0.25, 0.3) is 0 Å². The zero-order valence-electron chi connectivity index (χ0n) is 46.4. The van der Waals surface area contributed by atoms with Crippen LogP contribution >= 0.6 is 7.82 Å². The van der Waals surface area contributed by atoms with Crippen molar-refractivity contribution in [1.82, 2.24) is 0 Å². The van der Waals surface area contributed by atoms with Gasteiger partial charge in [-0.15, -0.1) is 0 Å². The Morgan fingerprint density at radius 1 is 0.403 bits per heavy atom. The van der Waals surface area contributed by atoms with Crippen molar-refractivity contribution < 1.29 is 52.2 Å². The van der Waals surface area contributed by atoms with E-state index in [-0.39, 0.29) is 25.9 Å². The van der Waals surface area contributed by atoms with Crippen molar-refractivity contribution in [3.8, 4) is 0 Å². The predicted octanol–water partition coefficient (Wildman–Crippen LogP) is 17.4. The molecule has 420 valence electrons. The van der Waals surface area contributed by atoms with Gasteiger partial charge in [-0.2, -0.15) is 0 Å². The molecule has 0 aliphatic heterocycles. The summed E-state index contributed by atoms with van der Waals surface area (Å²) in [5, 5.41) is 9.82. The van der Waals surface area contributed by atoms with Gasteiger partial charge in [0.2, 0.25) is 0 Å². The number of hydrogen-bond donors (Lipinski definition) is 2. The molecule has 0 saturated carbocycles. The van der Waals surface area contributed by atoms with Gasteiger partial charge < -0.3 is 24.2 Å². The van der Waals surface area contributed by atoms with Gasteiger partial charge in [0.25, 0.3) is 0 Å². The van der Waals surface area contributed by atoms with E-state index in [0.29, 0.717) is 19.3 Å². The highest BCUT2D eigenvalue weighted by Gasteiger charge is 2.28. The summed E-state index contributed by atoms with van der Waals surface area (Å²) in [6.07, 6.45) is 57.8. The highest BCUT2D eigenvalue weighted by molar-refractivity contribution is 7.47. The minimum atomic E-state index is -4.75. The van der Waals surface area contributed by atoms with Crippen molar-refractivity contribution >= 4 is 25.7 Å². The maximum absolute atomic E-state index is 12.9. The van der Waals surface area contributed by atoms with E-state index in [1.807, 2.05) is 0 Å². The Balaban J connectivity index is 4.71. The maximum Gasteiger partial charge on any atom is 0.472 e. The summed E-state index contributed by atoms with van der Waals surface area (Å²) < 4.78 is 39.5. The molecule has 0 aromatic carbocycles. The van der Waals surface area contributed by atoms with E-state index in [1.165, 1.54) is 109 Å². The lowest BCUT2D eigenvalue weighted by Crippen LogP contribution is -2.30. The number of esters is 3. The molecule has 0 heterocycles. The van der Waals surface area contributed by atoms with Crippen LogP contribution in [0.5, 0.6) is 0 Å². The monoisotopic (exact) mass is 1040 g/mol. The standard InChI is InChI=1S/C60H109O11P/c1-4-7-10-13-16-19-22-25-28-31-34-37-40-43-46-49-58(62)67-53-57(71-60(64)51-48-45-42-39-36-33-30-27-24-21-18-15-12-9-6-3)55-69-72(65,66)68-54-56(52-61)70-59(63)50-47-44-41-38-35-32-29-26-23-20-17-14-11-8-5-2/h7,10,16,19,25,27-28,30,56-57,61H,4-6,8-9,11-15,17-18,20-24,26,29,31-55H2,1-3H3,(H,65,66)/b10-7-,19-16-,28-25-,30-27-. The van der Waals surface area contributed by atoms with Crippen molar-refractivity contribution in [1.29, 1.82) is 0 Å². The molecule has 2 N–H and O–H groups in total. The minimum Gasteiger partial charge on any atom is -0.462 e. The van der Waals surface area contributed by atoms with Gasteiger partial charge in [-0.25, -0.2) is 4.57 Å². The Hall–Kier alpha value is -2.56. The zero-order chi connectivity index (χ0) is 52.7. The number of allylic oxidation sites excluding steroid dienone is 8. The van der Waals surface area contributed by atoms with Crippen LogP contribution in [0.1, 0.15) is 278 Å². The molecule has 72 heavy (non-hydrogen) atoms. The van der Waals surface area contributed by atoms with Gasteiger partial charge in [0, 0.05) is 19.3 Å². The van der Waals surface area contributed by atoms with Crippen molar-refractivity contribution in [3.05, 3.63) is 48.6 Å². The van der Waals surface area contributed by atoms with Crippen molar-refractivity contribution in [2.24, 2.45) is 0 Å². The lowest BCUT2D eigenvalue weighted by atomic mass is 10.0. The Morgan fingerprint density at radius 2 is 0.722 bits per heavy atom. The Morgan fingerprint density at radius 3 is 1.12 bits per heavy atom. The first-order valence-electron chi connectivity index (χ1n) is 29.5. The van der Waals surface area contributed by atoms with E-state index in [0.717, 1.165) is 109 Å². The number of unbranched alkanes of at least 4 members (excludes halogenated alkanes) is 30. The fourth-order valence-electron chi connectivity index (χ4n) is 8.25. The molecule has 3 unspecified atom stereocenters. The van der Waals surface area contributed by atoms with Crippen molar-refractivity contribution in [2.45, 2.75) is 290 Å². The number of carbonyl (C=O) groups is 3. The SMILES string of the molecule is CC/C=C\C/C=C\C/C=C\CCCCCCCC(=O)OCC(COP(=O)(O)OCC(CO)OC(=O)CCCCCCCCCCCCCCCCC)OC(=O)CCCCCCC/C=C\CCCCCCCC. The van der Waals surface area contributed by atoms with E-state index in [9.17, 15) is 28.9 Å². The summed E-state index contributed by atoms with van der Waals surface area (Å²) in [5.74, 6) is -1.48. The molecule has 0 fully saturated rings. The fourth-order valence-corrected chi connectivity index (χ4v) is 9.03. The van der Waals surface area contributed by atoms with Gasteiger partial charge in [-0.05, 0) is 77.0 Å². The Kier molecular flexibility index (Phi) is 52.7. The molecule has 3 atom stereocenters. The molecule has 0 radical (unpaired) electrons. The second kappa shape index (κ2) is 54.7. The average molecular weight is 1040 g/mol. The number of aliphatic hydroxyl groups is 1. The molecular formula is C60H109O11P. The Bertz CT molecular complexity index is 1400. The predicted molar refractivity (Wildman–Crippen MR) is 298 cm³/mol. The molecule has 0 spiro atoms. The molecule has 0 aromatic rings. The third kappa shape index (κ3) is 52.3. The van der Waals surface area contributed by atoms with E-state index < -0.39 is 57.8 Å². The van der Waals surface area contributed by atoms with Crippen LogP contribution in [0, 0.1) is 0 Å². The van der Waals surface area contributed by atoms with Crippen LogP contribution in [0.2, 0.25) is 0 Å². The smallest absolute Gasteiger partial charge is 0.462 e. The maximum atomic E-state index is 12.9. The van der Waals surface area contributed by atoms with Crippen LogP contribution in [0.4, 0.5) is 0 Å². The second-order valence-corrected chi connectivity index (χ2v) is 21.2. The number of aliphatic hydroxyl groups excluding tert-OH is 1. The number of carbonyl (C=O) groups excluding carboxylic acids is 3. The molecule has 0 bridgehead atoms. The lowest BCUT2D eigenvalue weighted by molar-refractivity contribution is -0.161. The van der Waals surface area contributed by atoms with Gasteiger partial charge in [-0.1, -0.05) is 230 Å².